The molecule has 0 radical (unpaired) electrons. The summed E-state index contributed by atoms with van der Waals surface area (Å²) in [5.41, 5.74) is -2.73. The van der Waals surface area contributed by atoms with Gasteiger partial charge in [-0.15, -0.1) is 0 Å². The molecule has 2 rings (SSSR count). The Hall–Kier alpha value is -1.21. The molecule has 1 N–H and O–H groups in total. The van der Waals surface area contributed by atoms with E-state index < -0.39 is 30.5 Å². The van der Waals surface area contributed by atoms with Crippen LogP contribution in [0.15, 0.2) is 16.5 Å². The zero-order valence-corrected chi connectivity index (χ0v) is 11.2. The zero-order chi connectivity index (χ0) is 15.0. The van der Waals surface area contributed by atoms with Crippen molar-refractivity contribution in [1.29, 1.82) is 0 Å². The molecule has 1 saturated heterocycles. The Bertz CT molecular complexity index is 502. The molecule has 1 fully saturated rings. The van der Waals surface area contributed by atoms with E-state index in [-0.39, 0.29) is 30.5 Å². The van der Waals surface area contributed by atoms with Gasteiger partial charge in [-0.3, -0.25) is 4.79 Å². The van der Waals surface area contributed by atoms with Crippen molar-refractivity contribution < 1.29 is 27.5 Å². The summed E-state index contributed by atoms with van der Waals surface area (Å²) in [5.74, 6) is -0.546. The van der Waals surface area contributed by atoms with Crippen molar-refractivity contribution in [3.63, 3.8) is 0 Å². The Morgan fingerprint density at radius 2 is 2.05 bits per heavy atom. The molecule has 8 heteroatoms. The molecule has 20 heavy (non-hydrogen) atoms. The molecule has 0 bridgehead atoms. The van der Waals surface area contributed by atoms with E-state index in [1.54, 1.807) is 0 Å². The van der Waals surface area contributed by atoms with Gasteiger partial charge in [-0.25, -0.2) is 0 Å². The molecule has 4 nitrogen and oxygen atoms in total. The predicted molar refractivity (Wildman–Crippen MR) is 64.5 cm³/mol. The van der Waals surface area contributed by atoms with E-state index in [9.17, 15) is 23.1 Å². The van der Waals surface area contributed by atoms with Crippen molar-refractivity contribution in [1.82, 2.24) is 4.90 Å². The molecule has 0 saturated carbocycles. The quantitative estimate of drug-likeness (QED) is 0.867. The molecular weight excluding hydrogens is 299 g/mol. The Morgan fingerprint density at radius 3 is 2.60 bits per heavy atom. The van der Waals surface area contributed by atoms with Crippen molar-refractivity contribution >= 4 is 17.5 Å². The number of likely N-dealkylation sites (tertiary alicyclic amines) is 1. The van der Waals surface area contributed by atoms with E-state index in [2.05, 4.69) is 0 Å². The fourth-order valence-electron chi connectivity index (χ4n) is 2.19. The summed E-state index contributed by atoms with van der Waals surface area (Å²) >= 11 is 5.55. The van der Waals surface area contributed by atoms with E-state index in [0.29, 0.717) is 0 Å². The second-order valence-corrected chi connectivity index (χ2v) is 5.15. The summed E-state index contributed by atoms with van der Waals surface area (Å²) in [7, 11) is 0. The molecule has 1 aromatic rings. The van der Waals surface area contributed by atoms with Crippen LogP contribution in [0.5, 0.6) is 0 Å². The number of hydrogen-bond acceptors (Lipinski definition) is 3. The monoisotopic (exact) mass is 311 g/mol. The molecule has 1 aliphatic heterocycles. The summed E-state index contributed by atoms with van der Waals surface area (Å²) in [6, 6.07) is 2.75. The van der Waals surface area contributed by atoms with Gasteiger partial charge in [0.05, 0.1) is 0 Å². The van der Waals surface area contributed by atoms with Crippen molar-refractivity contribution in [3.8, 4) is 0 Å². The van der Waals surface area contributed by atoms with Gasteiger partial charge in [-0.1, -0.05) is 0 Å². The standard InChI is InChI=1S/C12H13ClF3NO3/c13-9-3-2-8(20-9)10(18)17-6-1-4-11(19,5-7-17)12(14,15)16/h2-3,19H,1,4-7H2. The Labute approximate surface area is 118 Å². The third-order valence-corrected chi connectivity index (χ3v) is 3.62. The molecule has 1 amide bonds. The average molecular weight is 312 g/mol. The Morgan fingerprint density at radius 1 is 1.35 bits per heavy atom. The molecule has 1 aromatic heterocycles. The minimum Gasteiger partial charge on any atom is -0.440 e. The third kappa shape index (κ3) is 2.93. The van der Waals surface area contributed by atoms with Crippen LogP contribution in [-0.4, -0.2) is 40.8 Å². The number of nitrogens with zero attached hydrogens (tertiary/aromatic N) is 1. The third-order valence-electron chi connectivity index (χ3n) is 3.41. The van der Waals surface area contributed by atoms with Gasteiger partial charge in [0, 0.05) is 19.5 Å². The van der Waals surface area contributed by atoms with Crippen LogP contribution in [0.2, 0.25) is 5.22 Å². The summed E-state index contributed by atoms with van der Waals surface area (Å²) in [5, 5.41) is 9.69. The van der Waals surface area contributed by atoms with Crippen LogP contribution >= 0.6 is 11.6 Å². The molecule has 0 spiro atoms. The lowest BCUT2D eigenvalue weighted by Crippen LogP contribution is -2.46. The lowest BCUT2D eigenvalue weighted by molar-refractivity contribution is -0.263. The maximum absolute atomic E-state index is 12.8. The van der Waals surface area contributed by atoms with Gasteiger partial charge in [-0.05, 0) is 36.6 Å². The normalized spacial score (nSPS) is 24.6. The fraction of sp³-hybridized carbons (Fsp3) is 0.583. The first-order chi connectivity index (χ1) is 9.23. The molecule has 1 unspecified atom stereocenters. The van der Waals surface area contributed by atoms with Crippen LogP contribution in [0.3, 0.4) is 0 Å². The Kier molecular flexibility index (Phi) is 4.02. The van der Waals surface area contributed by atoms with Gasteiger partial charge < -0.3 is 14.4 Å². The first kappa shape index (κ1) is 15.2. The highest BCUT2D eigenvalue weighted by Crippen LogP contribution is 2.38. The second kappa shape index (κ2) is 5.29. The van der Waals surface area contributed by atoms with Gasteiger partial charge in [0.15, 0.2) is 16.6 Å². The molecular formula is C12H13ClF3NO3. The summed E-state index contributed by atoms with van der Waals surface area (Å²) in [6.45, 7) is -0.0529. The molecule has 2 heterocycles. The first-order valence-electron chi connectivity index (χ1n) is 6.07. The van der Waals surface area contributed by atoms with Gasteiger partial charge in [-0.2, -0.15) is 13.2 Å². The highest BCUT2D eigenvalue weighted by atomic mass is 35.5. The topological polar surface area (TPSA) is 53.7 Å². The van der Waals surface area contributed by atoms with Crippen LogP contribution in [0.4, 0.5) is 13.2 Å². The number of carbonyl (C=O) groups excluding carboxylic acids is 1. The number of aliphatic hydroxyl groups is 1. The number of hydrogen-bond donors (Lipinski definition) is 1. The number of amides is 1. The van der Waals surface area contributed by atoms with Crippen LogP contribution in [0.1, 0.15) is 29.8 Å². The maximum atomic E-state index is 12.8. The van der Waals surface area contributed by atoms with Crippen LogP contribution in [0, 0.1) is 0 Å². The van der Waals surface area contributed by atoms with Crippen molar-refractivity contribution in [2.24, 2.45) is 0 Å². The number of halogens is 4. The summed E-state index contributed by atoms with van der Waals surface area (Å²) < 4.78 is 43.3. The van der Waals surface area contributed by atoms with Crippen molar-refractivity contribution in [3.05, 3.63) is 23.1 Å². The minimum atomic E-state index is -4.69. The Balaban J connectivity index is 2.08. The number of alkyl halides is 3. The fourth-order valence-corrected chi connectivity index (χ4v) is 2.34. The number of carbonyl (C=O) groups is 1. The highest BCUT2D eigenvalue weighted by molar-refractivity contribution is 6.29. The van der Waals surface area contributed by atoms with Gasteiger partial charge in [0.25, 0.3) is 5.91 Å². The van der Waals surface area contributed by atoms with E-state index in [1.807, 2.05) is 0 Å². The zero-order valence-electron chi connectivity index (χ0n) is 10.4. The maximum Gasteiger partial charge on any atom is 0.417 e. The summed E-state index contributed by atoms with van der Waals surface area (Å²) in [4.78, 5) is 13.3. The van der Waals surface area contributed by atoms with Crippen molar-refractivity contribution in [2.45, 2.75) is 31.0 Å². The highest BCUT2D eigenvalue weighted by Gasteiger charge is 2.53. The van der Waals surface area contributed by atoms with E-state index in [1.165, 1.54) is 17.0 Å². The van der Waals surface area contributed by atoms with E-state index in [4.69, 9.17) is 16.0 Å². The smallest absolute Gasteiger partial charge is 0.417 e. The number of rotatable bonds is 1. The molecule has 112 valence electrons. The molecule has 1 atom stereocenters. The van der Waals surface area contributed by atoms with E-state index in [0.717, 1.165) is 0 Å². The van der Waals surface area contributed by atoms with Crippen LogP contribution in [-0.2, 0) is 0 Å². The number of furan rings is 1. The summed E-state index contributed by atoms with van der Waals surface area (Å²) in [6.07, 6.45) is -5.59. The minimum absolute atomic E-state index is 0.0209. The van der Waals surface area contributed by atoms with Gasteiger partial charge in [0.1, 0.15) is 0 Å². The predicted octanol–water partition coefficient (Wildman–Crippen LogP) is 2.85. The lowest BCUT2D eigenvalue weighted by Gasteiger charge is -2.29. The van der Waals surface area contributed by atoms with Gasteiger partial charge in [0.2, 0.25) is 0 Å². The first-order valence-corrected chi connectivity index (χ1v) is 6.44. The average Bonchev–Trinajstić information content (AvgIpc) is 2.67. The SMILES string of the molecule is O=C(c1ccc(Cl)o1)N1CCCC(O)(C(F)(F)F)CC1. The largest absolute Gasteiger partial charge is 0.440 e. The second-order valence-electron chi connectivity index (χ2n) is 4.78. The lowest BCUT2D eigenvalue weighted by atomic mass is 9.94. The van der Waals surface area contributed by atoms with Crippen molar-refractivity contribution in [2.75, 3.05) is 13.1 Å². The van der Waals surface area contributed by atoms with Gasteiger partial charge >= 0.3 is 6.18 Å². The molecule has 1 aliphatic rings. The van der Waals surface area contributed by atoms with E-state index >= 15 is 0 Å². The molecule has 0 aromatic carbocycles. The van der Waals surface area contributed by atoms with Crippen LogP contribution in [0.25, 0.3) is 0 Å². The molecule has 0 aliphatic carbocycles. The van der Waals surface area contributed by atoms with Crippen LogP contribution < -0.4 is 0 Å².